The van der Waals surface area contributed by atoms with Crippen molar-refractivity contribution in [2.75, 3.05) is 33.9 Å². The maximum atomic E-state index is 6.17. The van der Waals surface area contributed by atoms with E-state index in [2.05, 4.69) is 27.1 Å². The lowest BCUT2D eigenvalue weighted by Gasteiger charge is -2.21. The number of hydrogen-bond acceptors (Lipinski definition) is 6. The fraction of sp³-hybridized carbons (Fsp3) is 0.611. The molecule has 2 aromatic rings. The molecule has 0 bridgehead atoms. The molecule has 3 heterocycles. The summed E-state index contributed by atoms with van der Waals surface area (Å²) < 4.78 is 13.2. The van der Waals surface area contributed by atoms with Gasteiger partial charge in [0.25, 0.3) is 0 Å². The second kappa shape index (κ2) is 8.51. The Morgan fingerprint density at radius 2 is 2.12 bits per heavy atom. The third-order valence-corrected chi connectivity index (χ3v) is 4.60. The molecule has 0 radical (unpaired) electrons. The van der Waals surface area contributed by atoms with Crippen LogP contribution < -0.4 is 0 Å². The van der Waals surface area contributed by atoms with Crippen LogP contribution in [0.5, 0.6) is 0 Å². The second-order valence-corrected chi connectivity index (χ2v) is 6.64. The second-order valence-electron chi connectivity index (χ2n) is 6.64. The van der Waals surface area contributed by atoms with Gasteiger partial charge >= 0.3 is 0 Å². The van der Waals surface area contributed by atoms with Crippen LogP contribution in [0.15, 0.2) is 24.5 Å². The van der Waals surface area contributed by atoms with E-state index in [-0.39, 0.29) is 6.10 Å². The molecule has 25 heavy (non-hydrogen) atoms. The Hall–Kier alpha value is -1.83. The normalized spacial score (nSPS) is 20.5. The first-order valence-electron chi connectivity index (χ1n) is 8.81. The van der Waals surface area contributed by atoms with Crippen molar-refractivity contribution in [3.63, 3.8) is 0 Å². The predicted molar refractivity (Wildman–Crippen MR) is 94.9 cm³/mol. The maximum absolute atomic E-state index is 6.17. The van der Waals surface area contributed by atoms with E-state index in [1.54, 1.807) is 13.3 Å². The fourth-order valence-corrected chi connectivity index (χ4v) is 3.19. The minimum Gasteiger partial charge on any atom is -0.383 e. The van der Waals surface area contributed by atoms with Crippen LogP contribution in [0.3, 0.4) is 0 Å². The van der Waals surface area contributed by atoms with Crippen molar-refractivity contribution in [2.24, 2.45) is 0 Å². The molecule has 2 aromatic heterocycles. The quantitative estimate of drug-likeness (QED) is 0.725. The standard InChI is InChI=1S/C18H27N5O2/c1-14-19-8-9-23(14)18-7-4-15(20-21-18)12-16-5-6-17(25-16)13-22(2)10-11-24-3/h4,7-9,16-17H,5-6,10-13H2,1-3H3/t16-,17+/m0/s1. The Bertz CT molecular complexity index is 658. The number of aromatic nitrogens is 4. The van der Waals surface area contributed by atoms with E-state index < -0.39 is 0 Å². The van der Waals surface area contributed by atoms with Gasteiger partial charge in [0.05, 0.1) is 24.5 Å². The zero-order chi connectivity index (χ0) is 17.6. The minimum absolute atomic E-state index is 0.232. The van der Waals surface area contributed by atoms with E-state index in [4.69, 9.17) is 9.47 Å². The first-order chi connectivity index (χ1) is 12.2. The van der Waals surface area contributed by atoms with Gasteiger partial charge in [-0.3, -0.25) is 4.57 Å². The molecule has 136 valence electrons. The number of ether oxygens (including phenoxy) is 2. The molecule has 0 aromatic carbocycles. The molecule has 7 heteroatoms. The molecule has 1 aliphatic heterocycles. The highest BCUT2D eigenvalue weighted by atomic mass is 16.5. The first kappa shape index (κ1) is 18.0. The summed E-state index contributed by atoms with van der Waals surface area (Å²) in [4.78, 5) is 6.47. The van der Waals surface area contributed by atoms with Crippen LogP contribution in [0, 0.1) is 6.92 Å². The smallest absolute Gasteiger partial charge is 0.160 e. The Labute approximate surface area is 149 Å². The topological polar surface area (TPSA) is 65.3 Å². The number of nitrogens with zero attached hydrogens (tertiary/aromatic N) is 5. The Kier molecular flexibility index (Phi) is 6.12. The van der Waals surface area contributed by atoms with Crippen molar-refractivity contribution in [3.8, 4) is 5.82 Å². The molecule has 0 aliphatic carbocycles. The van der Waals surface area contributed by atoms with Crippen LogP contribution in [-0.4, -0.2) is 70.7 Å². The van der Waals surface area contributed by atoms with Gasteiger partial charge in [-0.1, -0.05) is 0 Å². The van der Waals surface area contributed by atoms with E-state index >= 15 is 0 Å². The number of likely N-dealkylation sites (N-methyl/N-ethyl adjacent to an activating group) is 1. The molecular weight excluding hydrogens is 318 g/mol. The highest BCUT2D eigenvalue weighted by molar-refractivity contribution is 5.23. The summed E-state index contributed by atoms with van der Waals surface area (Å²) in [7, 11) is 3.84. The van der Waals surface area contributed by atoms with Crippen LogP contribution >= 0.6 is 0 Å². The van der Waals surface area contributed by atoms with Gasteiger partial charge in [0.1, 0.15) is 5.82 Å². The summed E-state index contributed by atoms with van der Waals surface area (Å²) in [6.07, 6.45) is 7.18. The van der Waals surface area contributed by atoms with Gasteiger partial charge < -0.3 is 14.4 Å². The van der Waals surface area contributed by atoms with Crippen molar-refractivity contribution in [2.45, 2.75) is 38.4 Å². The van der Waals surface area contributed by atoms with Crippen LogP contribution in [0.1, 0.15) is 24.4 Å². The molecule has 2 atom stereocenters. The van der Waals surface area contributed by atoms with Gasteiger partial charge in [-0.05, 0) is 38.9 Å². The van der Waals surface area contributed by atoms with E-state index in [9.17, 15) is 0 Å². The van der Waals surface area contributed by atoms with Crippen LogP contribution in [0.4, 0.5) is 0 Å². The molecule has 1 fully saturated rings. The SMILES string of the molecule is COCCN(C)C[C@H]1CC[C@@H](Cc2ccc(-n3ccnc3C)nn2)O1. The largest absolute Gasteiger partial charge is 0.383 e. The van der Waals surface area contributed by atoms with Crippen molar-refractivity contribution < 1.29 is 9.47 Å². The lowest BCUT2D eigenvalue weighted by Crippen LogP contribution is -2.32. The average Bonchev–Trinajstić information content (AvgIpc) is 3.23. The third-order valence-electron chi connectivity index (χ3n) is 4.60. The summed E-state index contributed by atoms with van der Waals surface area (Å²) >= 11 is 0. The molecule has 3 rings (SSSR count). The molecular formula is C18H27N5O2. The van der Waals surface area contributed by atoms with Crippen molar-refractivity contribution in [1.82, 2.24) is 24.6 Å². The molecule has 1 aliphatic rings. The highest BCUT2D eigenvalue weighted by Crippen LogP contribution is 2.23. The van der Waals surface area contributed by atoms with E-state index in [1.165, 1.54) is 0 Å². The summed E-state index contributed by atoms with van der Waals surface area (Å²) in [5.74, 6) is 1.70. The Balaban J connectivity index is 1.49. The van der Waals surface area contributed by atoms with Gasteiger partial charge in [0, 0.05) is 39.0 Å². The lowest BCUT2D eigenvalue weighted by atomic mass is 10.1. The van der Waals surface area contributed by atoms with Gasteiger partial charge in [-0.15, -0.1) is 5.10 Å². The first-order valence-corrected chi connectivity index (χ1v) is 8.81. The summed E-state index contributed by atoms with van der Waals surface area (Å²) in [5, 5.41) is 8.68. The Morgan fingerprint density at radius 1 is 1.28 bits per heavy atom. The van der Waals surface area contributed by atoms with Crippen LogP contribution in [0.2, 0.25) is 0 Å². The predicted octanol–water partition coefficient (Wildman–Crippen LogP) is 1.64. The molecule has 0 unspecified atom stereocenters. The number of imidazole rings is 1. The molecule has 1 saturated heterocycles. The maximum Gasteiger partial charge on any atom is 0.160 e. The van der Waals surface area contributed by atoms with E-state index in [0.29, 0.717) is 6.10 Å². The van der Waals surface area contributed by atoms with E-state index in [1.807, 2.05) is 29.8 Å². The number of methoxy groups -OCH3 is 1. The zero-order valence-corrected chi connectivity index (χ0v) is 15.3. The van der Waals surface area contributed by atoms with Gasteiger partial charge in [-0.25, -0.2) is 4.98 Å². The minimum atomic E-state index is 0.232. The number of hydrogen-bond donors (Lipinski definition) is 0. The summed E-state index contributed by atoms with van der Waals surface area (Å²) in [5.41, 5.74) is 0.972. The lowest BCUT2D eigenvalue weighted by molar-refractivity contribution is 0.0236. The summed E-state index contributed by atoms with van der Waals surface area (Å²) in [6, 6.07) is 4.02. The third kappa shape index (κ3) is 4.84. The monoisotopic (exact) mass is 345 g/mol. The molecule has 0 spiro atoms. The number of rotatable bonds is 8. The van der Waals surface area contributed by atoms with Crippen LogP contribution in [0.25, 0.3) is 5.82 Å². The van der Waals surface area contributed by atoms with Gasteiger partial charge in [0.2, 0.25) is 0 Å². The average molecular weight is 345 g/mol. The fourth-order valence-electron chi connectivity index (χ4n) is 3.19. The number of aryl methyl sites for hydroxylation is 1. The van der Waals surface area contributed by atoms with Crippen molar-refractivity contribution in [1.29, 1.82) is 0 Å². The Morgan fingerprint density at radius 3 is 2.80 bits per heavy atom. The van der Waals surface area contributed by atoms with Crippen molar-refractivity contribution in [3.05, 3.63) is 36.0 Å². The molecule has 0 N–H and O–H groups in total. The van der Waals surface area contributed by atoms with Crippen molar-refractivity contribution >= 4 is 0 Å². The zero-order valence-electron chi connectivity index (χ0n) is 15.3. The van der Waals surface area contributed by atoms with E-state index in [0.717, 1.165) is 56.3 Å². The summed E-state index contributed by atoms with van der Waals surface area (Å²) in [6.45, 7) is 4.59. The van der Waals surface area contributed by atoms with Crippen LogP contribution in [-0.2, 0) is 15.9 Å². The molecule has 7 nitrogen and oxygen atoms in total. The van der Waals surface area contributed by atoms with Gasteiger partial charge in [0.15, 0.2) is 5.82 Å². The molecule has 0 amide bonds. The highest BCUT2D eigenvalue weighted by Gasteiger charge is 2.26. The molecule has 0 saturated carbocycles. The van der Waals surface area contributed by atoms with Gasteiger partial charge in [-0.2, -0.15) is 5.10 Å².